The Labute approximate surface area is 175 Å². The minimum absolute atomic E-state index is 0.138. The summed E-state index contributed by atoms with van der Waals surface area (Å²) in [5, 5.41) is 6.73. The van der Waals surface area contributed by atoms with Crippen molar-refractivity contribution in [3.63, 3.8) is 0 Å². The minimum Gasteiger partial charge on any atom is -0.496 e. The second-order valence-corrected chi connectivity index (χ2v) is 7.53. The van der Waals surface area contributed by atoms with Gasteiger partial charge in [0.15, 0.2) is 5.96 Å². The number of rotatable bonds is 12. The molecule has 164 valence electrons. The van der Waals surface area contributed by atoms with Gasteiger partial charge in [-0.05, 0) is 39.9 Å². The monoisotopic (exact) mass is 406 g/mol. The van der Waals surface area contributed by atoms with E-state index in [9.17, 15) is 0 Å². The quantitative estimate of drug-likeness (QED) is 0.315. The van der Waals surface area contributed by atoms with Gasteiger partial charge in [0.05, 0.1) is 32.9 Å². The molecule has 1 aromatic rings. The lowest BCUT2D eigenvalue weighted by Gasteiger charge is -2.25. The van der Waals surface area contributed by atoms with Gasteiger partial charge in [0, 0.05) is 37.8 Å². The molecule has 2 atom stereocenters. The number of ether oxygens (including phenoxy) is 3. The molecule has 29 heavy (non-hydrogen) atoms. The van der Waals surface area contributed by atoms with E-state index < -0.39 is 0 Å². The topological polar surface area (TPSA) is 67.4 Å². The Balaban J connectivity index is 1.82. The minimum atomic E-state index is 0.138. The van der Waals surface area contributed by atoms with E-state index in [1.807, 2.05) is 18.2 Å². The van der Waals surface area contributed by atoms with Crippen LogP contribution in [0.2, 0.25) is 0 Å². The maximum Gasteiger partial charge on any atom is 0.191 e. The first-order chi connectivity index (χ1) is 14.2. The van der Waals surface area contributed by atoms with E-state index >= 15 is 0 Å². The number of hydrogen-bond acceptors (Lipinski definition) is 5. The number of nitrogens with one attached hydrogen (secondary N) is 2. The molecule has 2 unspecified atom stereocenters. The molecule has 1 saturated heterocycles. The fraction of sp³-hybridized carbons (Fsp3) is 0.682. The zero-order valence-electron chi connectivity index (χ0n) is 18.4. The molecular formula is C22H38N4O3. The van der Waals surface area contributed by atoms with Gasteiger partial charge >= 0.3 is 0 Å². The Kier molecular flexibility index (Phi) is 10.8. The SMILES string of the molecule is CCNC(=NCC(c1ccccc1OC)N(C)C)NCCCOCC1CCOC1. The summed E-state index contributed by atoms with van der Waals surface area (Å²) in [5.74, 6) is 2.29. The van der Waals surface area contributed by atoms with Crippen LogP contribution in [0.3, 0.4) is 0 Å². The summed E-state index contributed by atoms with van der Waals surface area (Å²) in [7, 11) is 5.85. The number of aliphatic imine (C=N–C) groups is 1. The van der Waals surface area contributed by atoms with Crippen LogP contribution < -0.4 is 15.4 Å². The average Bonchev–Trinajstić information content (AvgIpc) is 3.24. The lowest BCUT2D eigenvalue weighted by Crippen LogP contribution is -2.39. The fourth-order valence-electron chi connectivity index (χ4n) is 3.35. The van der Waals surface area contributed by atoms with Crippen LogP contribution in [-0.4, -0.2) is 78.1 Å². The summed E-state index contributed by atoms with van der Waals surface area (Å²) < 4.78 is 16.7. The number of nitrogens with zero attached hydrogens (tertiary/aromatic N) is 2. The average molecular weight is 407 g/mol. The van der Waals surface area contributed by atoms with Crippen molar-refractivity contribution in [3.05, 3.63) is 29.8 Å². The molecule has 1 heterocycles. The van der Waals surface area contributed by atoms with Crippen LogP contribution in [0.15, 0.2) is 29.3 Å². The normalized spacial score (nSPS) is 18.1. The maximum atomic E-state index is 5.77. The summed E-state index contributed by atoms with van der Waals surface area (Å²) in [6.45, 7) is 7.64. The fourth-order valence-corrected chi connectivity index (χ4v) is 3.35. The third-order valence-electron chi connectivity index (χ3n) is 5.02. The van der Waals surface area contributed by atoms with Crippen LogP contribution in [0.25, 0.3) is 0 Å². The standard InChI is InChI=1S/C22H38N4O3/c1-5-23-22(24-12-8-13-28-16-18-11-14-29-17-18)25-15-20(26(2)3)19-9-6-7-10-21(19)27-4/h6-7,9-10,18,20H,5,8,11-17H2,1-4H3,(H2,23,24,25). The Morgan fingerprint density at radius 3 is 2.83 bits per heavy atom. The number of para-hydroxylation sites is 1. The Morgan fingerprint density at radius 2 is 2.14 bits per heavy atom. The predicted octanol–water partition coefficient (Wildman–Crippen LogP) is 2.30. The van der Waals surface area contributed by atoms with Crippen molar-refractivity contribution in [2.45, 2.75) is 25.8 Å². The van der Waals surface area contributed by atoms with Gasteiger partial charge in [0.1, 0.15) is 5.75 Å². The molecule has 0 radical (unpaired) electrons. The third-order valence-corrected chi connectivity index (χ3v) is 5.02. The molecule has 0 amide bonds. The first-order valence-electron chi connectivity index (χ1n) is 10.6. The van der Waals surface area contributed by atoms with Crippen molar-refractivity contribution in [3.8, 4) is 5.75 Å². The first kappa shape index (κ1) is 23.4. The second-order valence-electron chi connectivity index (χ2n) is 7.53. The second kappa shape index (κ2) is 13.4. The highest BCUT2D eigenvalue weighted by Crippen LogP contribution is 2.28. The summed E-state index contributed by atoms with van der Waals surface area (Å²) in [6, 6.07) is 8.27. The molecular weight excluding hydrogens is 368 g/mol. The van der Waals surface area contributed by atoms with Crippen molar-refractivity contribution < 1.29 is 14.2 Å². The summed E-state index contributed by atoms with van der Waals surface area (Å²) in [5.41, 5.74) is 1.14. The van der Waals surface area contributed by atoms with Crippen LogP contribution in [0, 0.1) is 5.92 Å². The molecule has 1 aliphatic rings. The largest absolute Gasteiger partial charge is 0.496 e. The molecule has 0 spiro atoms. The van der Waals surface area contributed by atoms with Crippen molar-refractivity contribution in [2.24, 2.45) is 10.9 Å². The molecule has 0 saturated carbocycles. The van der Waals surface area contributed by atoms with Crippen molar-refractivity contribution >= 4 is 5.96 Å². The van der Waals surface area contributed by atoms with Crippen molar-refractivity contribution in [1.29, 1.82) is 0 Å². The molecule has 0 aliphatic carbocycles. The van der Waals surface area contributed by atoms with Gasteiger partial charge in [0.25, 0.3) is 0 Å². The number of guanidine groups is 1. The number of likely N-dealkylation sites (N-methyl/N-ethyl adjacent to an activating group) is 1. The predicted molar refractivity (Wildman–Crippen MR) is 118 cm³/mol. The molecule has 7 heteroatoms. The lowest BCUT2D eigenvalue weighted by atomic mass is 10.0. The van der Waals surface area contributed by atoms with Crippen LogP contribution in [0.5, 0.6) is 5.75 Å². The molecule has 0 bridgehead atoms. The molecule has 7 nitrogen and oxygen atoms in total. The first-order valence-corrected chi connectivity index (χ1v) is 10.6. The highest BCUT2D eigenvalue weighted by Gasteiger charge is 2.18. The highest BCUT2D eigenvalue weighted by molar-refractivity contribution is 5.79. The van der Waals surface area contributed by atoms with E-state index in [0.717, 1.165) is 69.6 Å². The van der Waals surface area contributed by atoms with Gasteiger partial charge in [-0.1, -0.05) is 18.2 Å². The van der Waals surface area contributed by atoms with Gasteiger partial charge in [0.2, 0.25) is 0 Å². The molecule has 0 aromatic heterocycles. The van der Waals surface area contributed by atoms with Crippen LogP contribution in [0.4, 0.5) is 0 Å². The van der Waals surface area contributed by atoms with Gasteiger partial charge in [-0.15, -0.1) is 0 Å². The van der Waals surface area contributed by atoms with E-state index in [-0.39, 0.29) is 6.04 Å². The summed E-state index contributed by atoms with van der Waals surface area (Å²) in [6.07, 6.45) is 2.07. The lowest BCUT2D eigenvalue weighted by molar-refractivity contribution is 0.0888. The summed E-state index contributed by atoms with van der Waals surface area (Å²) >= 11 is 0. The van der Waals surface area contributed by atoms with E-state index in [2.05, 4.69) is 42.6 Å². The number of methoxy groups -OCH3 is 1. The molecule has 1 aromatic carbocycles. The van der Waals surface area contributed by atoms with E-state index in [4.69, 9.17) is 19.2 Å². The number of hydrogen-bond donors (Lipinski definition) is 2. The molecule has 2 N–H and O–H groups in total. The van der Waals surface area contributed by atoms with Crippen LogP contribution in [-0.2, 0) is 9.47 Å². The zero-order valence-corrected chi connectivity index (χ0v) is 18.4. The zero-order chi connectivity index (χ0) is 20.9. The maximum absolute atomic E-state index is 5.77. The van der Waals surface area contributed by atoms with Gasteiger partial charge in [-0.25, -0.2) is 0 Å². The van der Waals surface area contributed by atoms with E-state index in [1.54, 1.807) is 7.11 Å². The van der Waals surface area contributed by atoms with Gasteiger partial charge in [-0.3, -0.25) is 4.99 Å². The Hall–Kier alpha value is -1.83. The van der Waals surface area contributed by atoms with E-state index in [0.29, 0.717) is 12.5 Å². The van der Waals surface area contributed by atoms with Crippen molar-refractivity contribution in [2.75, 3.05) is 67.3 Å². The molecule has 1 aliphatic heterocycles. The van der Waals surface area contributed by atoms with E-state index in [1.165, 1.54) is 0 Å². The van der Waals surface area contributed by atoms with Gasteiger partial charge < -0.3 is 29.7 Å². The third kappa shape index (κ3) is 8.20. The smallest absolute Gasteiger partial charge is 0.191 e. The van der Waals surface area contributed by atoms with Gasteiger partial charge in [-0.2, -0.15) is 0 Å². The highest BCUT2D eigenvalue weighted by atomic mass is 16.5. The Bertz CT molecular complexity index is 603. The van der Waals surface area contributed by atoms with Crippen molar-refractivity contribution in [1.82, 2.24) is 15.5 Å². The van der Waals surface area contributed by atoms with Crippen LogP contribution >= 0.6 is 0 Å². The molecule has 2 rings (SSSR count). The molecule has 1 fully saturated rings. The number of benzene rings is 1. The Morgan fingerprint density at radius 1 is 1.31 bits per heavy atom. The van der Waals surface area contributed by atoms with Crippen LogP contribution in [0.1, 0.15) is 31.4 Å². The summed E-state index contributed by atoms with van der Waals surface area (Å²) in [4.78, 5) is 6.98.